The molecular formula is C18H24N2O4. The van der Waals surface area contributed by atoms with E-state index < -0.39 is 5.91 Å². The highest BCUT2D eigenvalue weighted by atomic mass is 16.5. The predicted molar refractivity (Wildman–Crippen MR) is 84.4 cm³/mol. The van der Waals surface area contributed by atoms with Crippen molar-refractivity contribution >= 4 is 11.7 Å². The van der Waals surface area contributed by atoms with Gasteiger partial charge in [-0.25, -0.2) is 5.48 Å². The molecule has 1 amide bonds. The molecule has 130 valence electrons. The van der Waals surface area contributed by atoms with Crippen LogP contribution in [0.5, 0.6) is 0 Å². The van der Waals surface area contributed by atoms with Crippen molar-refractivity contribution in [1.82, 2.24) is 10.6 Å². The second kappa shape index (κ2) is 5.69. The van der Waals surface area contributed by atoms with Gasteiger partial charge in [0.1, 0.15) is 5.78 Å². The Morgan fingerprint density at radius 1 is 1.29 bits per heavy atom. The first-order valence-corrected chi connectivity index (χ1v) is 8.93. The zero-order valence-electron chi connectivity index (χ0n) is 14.0. The lowest BCUT2D eigenvalue weighted by Gasteiger charge is -2.56. The number of carbonyl (C=O) groups is 2. The van der Waals surface area contributed by atoms with Crippen molar-refractivity contribution in [3.05, 3.63) is 17.5 Å². The maximum absolute atomic E-state index is 13.1. The average Bonchev–Trinajstić information content (AvgIpc) is 3.03. The molecule has 2 N–H and O–H groups in total. The second-order valence-corrected chi connectivity index (χ2v) is 8.28. The highest BCUT2D eigenvalue weighted by Crippen LogP contribution is 2.60. The SMILES string of the molecule is C[C@@H](CC(=O)C12CC3CC(CC(C3)C1)C2)c1cc(C(=O)NO)on1. The molecule has 1 heterocycles. The minimum atomic E-state index is -0.728. The van der Waals surface area contributed by atoms with Crippen LogP contribution in [-0.2, 0) is 4.79 Å². The normalized spacial score (nSPS) is 35.0. The minimum Gasteiger partial charge on any atom is -0.351 e. The largest absolute Gasteiger partial charge is 0.351 e. The molecule has 0 unspecified atom stereocenters. The summed E-state index contributed by atoms with van der Waals surface area (Å²) in [5.74, 6) is 1.77. The highest BCUT2D eigenvalue weighted by molar-refractivity contribution is 5.90. The van der Waals surface area contributed by atoms with Crippen LogP contribution in [0.15, 0.2) is 10.6 Å². The van der Waals surface area contributed by atoms with Gasteiger partial charge in [0.2, 0.25) is 5.76 Å². The van der Waals surface area contributed by atoms with Crippen molar-refractivity contribution in [3.63, 3.8) is 0 Å². The lowest BCUT2D eigenvalue weighted by Crippen LogP contribution is -2.50. The maximum Gasteiger partial charge on any atom is 0.313 e. The summed E-state index contributed by atoms with van der Waals surface area (Å²) in [6.07, 6.45) is 7.63. The molecule has 4 aliphatic rings. The molecule has 0 saturated heterocycles. The quantitative estimate of drug-likeness (QED) is 0.638. The summed E-state index contributed by atoms with van der Waals surface area (Å²) in [6, 6.07) is 1.50. The van der Waals surface area contributed by atoms with E-state index in [4.69, 9.17) is 9.73 Å². The Kier molecular flexibility index (Phi) is 3.75. The first-order valence-electron chi connectivity index (χ1n) is 8.93. The van der Waals surface area contributed by atoms with E-state index in [1.807, 2.05) is 6.92 Å². The predicted octanol–water partition coefficient (Wildman–Crippen LogP) is 3.07. The van der Waals surface area contributed by atoms with Crippen LogP contribution < -0.4 is 5.48 Å². The topological polar surface area (TPSA) is 92.4 Å². The number of carbonyl (C=O) groups excluding carboxylic acids is 2. The molecule has 24 heavy (non-hydrogen) atoms. The van der Waals surface area contributed by atoms with Crippen LogP contribution in [0, 0.1) is 23.2 Å². The van der Waals surface area contributed by atoms with Crippen molar-refractivity contribution in [3.8, 4) is 0 Å². The van der Waals surface area contributed by atoms with Crippen LogP contribution in [0.3, 0.4) is 0 Å². The third-order valence-corrected chi connectivity index (χ3v) is 6.48. The van der Waals surface area contributed by atoms with Crippen molar-refractivity contribution in [2.45, 2.75) is 57.8 Å². The van der Waals surface area contributed by atoms with Gasteiger partial charge in [-0.3, -0.25) is 14.8 Å². The molecule has 6 nitrogen and oxygen atoms in total. The summed E-state index contributed by atoms with van der Waals surface area (Å²) in [5, 5.41) is 12.5. The van der Waals surface area contributed by atoms with Crippen molar-refractivity contribution in [2.24, 2.45) is 23.2 Å². The fourth-order valence-corrected chi connectivity index (χ4v) is 5.73. The zero-order chi connectivity index (χ0) is 16.9. The van der Waals surface area contributed by atoms with E-state index in [2.05, 4.69) is 5.16 Å². The Morgan fingerprint density at radius 2 is 1.88 bits per heavy atom. The van der Waals surface area contributed by atoms with Crippen LogP contribution in [0.1, 0.15) is 74.0 Å². The lowest BCUT2D eigenvalue weighted by atomic mass is 9.48. The van der Waals surface area contributed by atoms with Gasteiger partial charge < -0.3 is 4.52 Å². The summed E-state index contributed by atoms with van der Waals surface area (Å²) in [4.78, 5) is 24.4. The molecular weight excluding hydrogens is 308 g/mol. The number of Topliss-reactive ketones (excluding diaryl/α,β-unsaturated/α-hetero) is 1. The summed E-state index contributed by atoms with van der Waals surface area (Å²) < 4.78 is 4.94. The number of nitrogens with zero attached hydrogens (tertiary/aromatic N) is 1. The molecule has 6 heteroatoms. The zero-order valence-corrected chi connectivity index (χ0v) is 14.0. The van der Waals surface area contributed by atoms with Gasteiger partial charge in [-0.2, -0.15) is 0 Å². The Labute approximate surface area is 140 Å². The highest BCUT2D eigenvalue weighted by Gasteiger charge is 2.54. The van der Waals surface area contributed by atoms with E-state index in [9.17, 15) is 9.59 Å². The van der Waals surface area contributed by atoms with Gasteiger partial charge in [0.25, 0.3) is 0 Å². The lowest BCUT2D eigenvalue weighted by molar-refractivity contribution is -0.144. The number of hydrogen-bond donors (Lipinski definition) is 2. The number of ketones is 1. The van der Waals surface area contributed by atoms with Crippen molar-refractivity contribution in [1.29, 1.82) is 0 Å². The van der Waals surface area contributed by atoms with Gasteiger partial charge in [-0.1, -0.05) is 12.1 Å². The Balaban J connectivity index is 1.46. The number of nitrogens with one attached hydrogen (secondary N) is 1. The first kappa shape index (κ1) is 15.8. The van der Waals surface area contributed by atoms with E-state index in [1.165, 1.54) is 30.8 Å². The van der Waals surface area contributed by atoms with Gasteiger partial charge >= 0.3 is 5.91 Å². The second-order valence-electron chi connectivity index (χ2n) is 8.28. The van der Waals surface area contributed by atoms with E-state index in [0.717, 1.165) is 37.0 Å². The summed E-state index contributed by atoms with van der Waals surface area (Å²) in [7, 11) is 0. The van der Waals surface area contributed by atoms with Gasteiger partial charge in [-0.05, 0) is 56.3 Å². The van der Waals surface area contributed by atoms with E-state index >= 15 is 0 Å². The minimum absolute atomic E-state index is 0.0402. The molecule has 4 bridgehead atoms. The molecule has 4 saturated carbocycles. The molecule has 1 atom stereocenters. The van der Waals surface area contributed by atoms with E-state index in [0.29, 0.717) is 17.9 Å². The number of hydrogen-bond acceptors (Lipinski definition) is 5. The smallest absolute Gasteiger partial charge is 0.313 e. The molecule has 0 aromatic carbocycles. The molecule has 0 aliphatic heterocycles. The van der Waals surface area contributed by atoms with Crippen molar-refractivity contribution < 1.29 is 19.3 Å². The number of amides is 1. The fourth-order valence-electron chi connectivity index (χ4n) is 5.73. The first-order chi connectivity index (χ1) is 11.5. The third kappa shape index (κ3) is 2.57. The van der Waals surface area contributed by atoms with Crippen molar-refractivity contribution in [2.75, 3.05) is 0 Å². The van der Waals surface area contributed by atoms with Gasteiger partial charge in [0, 0.05) is 23.8 Å². The van der Waals surface area contributed by atoms with Crippen LogP contribution in [0.4, 0.5) is 0 Å². The molecule has 0 radical (unpaired) electrons. The molecule has 1 aromatic rings. The van der Waals surface area contributed by atoms with E-state index in [-0.39, 0.29) is 17.1 Å². The number of hydroxylamine groups is 1. The van der Waals surface area contributed by atoms with Gasteiger partial charge in [-0.15, -0.1) is 0 Å². The standard InChI is InChI=1S/C18H24N2O4/c1-10(14-6-15(24-20-14)17(22)19-23)2-16(21)18-7-11-3-12(8-18)5-13(4-11)9-18/h6,10-13,23H,2-5,7-9H2,1H3,(H,19,22)/t10-,11?,12?,13?,18?/m0/s1. The molecule has 1 aromatic heterocycles. The maximum atomic E-state index is 13.1. The van der Waals surface area contributed by atoms with Crippen LogP contribution in [0.2, 0.25) is 0 Å². The average molecular weight is 332 g/mol. The molecule has 0 spiro atoms. The van der Waals surface area contributed by atoms with Crippen LogP contribution >= 0.6 is 0 Å². The molecule has 5 rings (SSSR count). The van der Waals surface area contributed by atoms with Crippen LogP contribution in [0.25, 0.3) is 0 Å². The number of aromatic nitrogens is 1. The third-order valence-electron chi connectivity index (χ3n) is 6.48. The summed E-state index contributed by atoms with van der Waals surface area (Å²) in [5.41, 5.74) is 2.01. The fraction of sp³-hybridized carbons (Fsp3) is 0.722. The van der Waals surface area contributed by atoms with Gasteiger partial charge in [0.15, 0.2) is 0 Å². The van der Waals surface area contributed by atoms with Crippen LogP contribution in [-0.4, -0.2) is 22.1 Å². The monoisotopic (exact) mass is 332 g/mol. The molecule has 4 fully saturated rings. The Morgan fingerprint density at radius 3 is 2.42 bits per heavy atom. The van der Waals surface area contributed by atoms with Gasteiger partial charge in [0.05, 0.1) is 5.69 Å². The van der Waals surface area contributed by atoms with E-state index in [1.54, 1.807) is 0 Å². The molecule has 4 aliphatic carbocycles. The Hall–Kier alpha value is -1.69. The Bertz CT molecular complexity index is 630. The summed E-state index contributed by atoms with van der Waals surface area (Å²) in [6.45, 7) is 1.94. The number of rotatable bonds is 5. The summed E-state index contributed by atoms with van der Waals surface area (Å²) >= 11 is 0.